The lowest BCUT2D eigenvalue weighted by Crippen LogP contribution is -2.31. The van der Waals surface area contributed by atoms with E-state index in [0.29, 0.717) is 11.2 Å². The average molecular weight is 765 g/mol. The zero-order chi connectivity index (χ0) is 38.2. The van der Waals surface area contributed by atoms with E-state index in [1.54, 1.807) is 0 Å². The van der Waals surface area contributed by atoms with Crippen molar-refractivity contribution in [3.63, 3.8) is 0 Å². The number of rotatable bonds is 6. The second kappa shape index (κ2) is 13.6. The number of thioether (sulfide) groups is 1. The van der Waals surface area contributed by atoms with Gasteiger partial charge >= 0.3 is 0 Å². The Balaban J connectivity index is 0.968. The highest BCUT2D eigenvalue weighted by Crippen LogP contribution is 2.56. The fraction of sp³-hybridized carbons (Fsp3) is 0.111. The van der Waals surface area contributed by atoms with Gasteiger partial charge in [-0.05, 0) is 101 Å². The molecule has 0 amide bonds. The molecule has 6 aromatic carbocycles. The molecular formula is C54H40N2OS. The van der Waals surface area contributed by atoms with Gasteiger partial charge < -0.3 is 14.2 Å². The van der Waals surface area contributed by atoms with E-state index in [0.717, 1.165) is 51.9 Å². The molecule has 4 unspecified atom stereocenters. The van der Waals surface area contributed by atoms with Gasteiger partial charge in [0.1, 0.15) is 5.58 Å². The predicted octanol–water partition coefficient (Wildman–Crippen LogP) is 14.5. The molecule has 0 spiro atoms. The van der Waals surface area contributed by atoms with Crippen LogP contribution in [0.2, 0.25) is 0 Å². The molecule has 7 aromatic rings. The number of allylic oxidation sites excluding steroid dienone is 8. The van der Waals surface area contributed by atoms with Crippen molar-refractivity contribution in [2.24, 2.45) is 0 Å². The summed E-state index contributed by atoms with van der Waals surface area (Å²) in [7, 11) is 0. The number of fused-ring (bicyclic) bond motifs is 9. The Morgan fingerprint density at radius 3 is 2.38 bits per heavy atom. The molecule has 5 aliphatic rings. The Hall–Kier alpha value is -6.49. The van der Waals surface area contributed by atoms with Gasteiger partial charge in [-0.15, -0.1) is 11.8 Å². The summed E-state index contributed by atoms with van der Waals surface area (Å²) < 4.78 is 6.72. The van der Waals surface area contributed by atoms with Gasteiger partial charge in [0.05, 0.1) is 11.7 Å². The maximum atomic E-state index is 6.72. The summed E-state index contributed by atoms with van der Waals surface area (Å²) in [6.45, 7) is 0. The van der Waals surface area contributed by atoms with Gasteiger partial charge in [-0.1, -0.05) is 140 Å². The Bertz CT molecular complexity index is 2960. The minimum atomic E-state index is 0.109. The van der Waals surface area contributed by atoms with E-state index in [1.807, 2.05) is 11.8 Å². The van der Waals surface area contributed by atoms with Crippen LogP contribution in [-0.2, 0) is 0 Å². The van der Waals surface area contributed by atoms with Crippen LogP contribution in [0, 0.1) is 0 Å². The zero-order valence-corrected chi connectivity index (χ0v) is 32.7. The molecule has 12 rings (SSSR count). The van der Waals surface area contributed by atoms with Crippen molar-refractivity contribution >= 4 is 56.4 Å². The predicted molar refractivity (Wildman–Crippen MR) is 243 cm³/mol. The Morgan fingerprint density at radius 1 is 0.672 bits per heavy atom. The molecule has 0 radical (unpaired) electrons. The van der Waals surface area contributed by atoms with E-state index < -0.39 is 0 Å². The van der Waals surface area contributed by atoms with Crippen molar-refractivity contribution in [3.05, 3.63) is 222 Å². The molecule has 3 heterocycles. The van der Waals surface area contributed by atoms with Crippen molar-refractivity contribution in [2.45, 2.75) is 40.9 Å². The maximum absolute atomic E-state index is 6.72. The Morgan fingerprint density at radius 2 is 1.48 bits per heavy atom. The summed E-state index contributed by atoms with van der Waals surface area (Å²) in [6, 6.07) is 50.9. The standard InChI is InChI=1S/C54H40N2OS/c1-3-14-35(15-4-1)40-20-11-23-46-47-24-12-21-41(54(47)58-53(40)46)36-28-30-38(31-29-36)55(49-26-13-22-45-44-19-8-10-27-51(44)57-52(45)49)39-32-33-43-42-18-7-9-25-48(42)56(50(43)34-39)37-16-5-2-6-17-37/h1-3,5-14,16-34,43,46,50,53H,4,15H2. The number of benzene rings is 6. The largest absolute Gasteiger partial charge is 0.454 e. The minimum absolute atomic E-state index is 0.109. The van der Waals surface area contributed by atoms with E-state index in [4.69, 9.17) is 4.42 Å². The van der Waals surface area contributed by atoms with E-state index in [-0.39, 0.29) is 12.0 Å². The van der Waals surface area contributed by atoms with Gasteiger partial charge in [-0.3, -0.25) is 0 Å². The van der Waals surface area contributed by atoms with E-state index in [2.05, 4.69) is 204 Å². The SMILES string of the molecule is C1=CCCC(C2=CC=CC3c4cccc(-c5ccc(N(C6=CC7C(C=C6)c6ccccc6N7c6ccccc6)c6cccc7c6oc6ccccc67)cc5)c4SC23)=C1. The molecule has 0 N–H and O–H groups in total. The Kier molecular flexibility index (Phi) is 7.87. The van der Waals surface area contributed by atoms with Crippen molar-refractivity contribution in [2.75, 3.05) is 9.80 Å². The maximum Gasteiger partial charge on any atom is 0.159 e. The van der Waals surface area contributed by atoms with Crippen LogP contribution in [0.25, 0.3) is 33.1 Å². The smallest absolute Gasteiger partial charge is 0.159 e. The topological polar surface area (TPSA) is 19.6 Å². The number of furan rings is 1. The number of hydrogen-bond acceptors (Lipinski definition) is 4. The molecule has 3 aliphatic carbocycles. The zero-order valence-electron chi connectivity index (χ0n) is 31.9. The number of hydrogen-bond donors (Lipinski definition) is 0. The fourth-order valence-electron chi connectivity index (χ4n) is 10.0. The molecule has 0 fully saturated rings. The summed E-state index contributed by atoms with van der Waals surface area (Å²) >= 11 is 2.05. The van der Waals surface area contributed by atoms with Gasteiger partial charge in [0.2, 0.25) is 0 Å². The van der Waals surface area contributed by atoms with E-state index >= 15 is 0 Å². The average Bonchev–Trinajstić information content (AvgIpc) is 3.97. The molecule has 2 aliphatic heterocycles. The van der Waals surface area contributed by atoms with Gasteiger partial charge in [-0.25, -0.2) is 0 Å². The summed E-state index contributed by atoms with van der Waals surface area (Å²) in [6.07, 6.45) is 23.3. The molecule has 1 aromatic heterocycles. The summed E-state index contributed by atoms with van der Waals surface area (Å²) in [5.41, 5.74) is 15.8. The van der Waals surface area contributed by atoms with Crippen molar-refractivity contribution in [1.82, 2.24) is 0 Å². The monoisotopic (exact) mass is 764 g/mol. The number of anilines is 4. The number of nitrogens with zero attached hydrogens (tertiary/aromatic N) is 2. The van der Waals surface area contributed by atoms with Crippen molar-refractivity contribution in [3.8, 4) is 11.1 Å². The summed E-state index contributed by atoms with van der Waals surface area (Å²) in [4.78, 5) is 6.32. The quantitative estimate of drug-likeness (QED) is 0.168. The van der Waals surface area contributed by atoms with Crippen LogP contribution in [0.4, 0.5) is 22.7 Å². The van der Waals surface area contributed by atoms with E-state index in [9.17, 15) is 0 Å². The second-order valence-electron chi connectivity index (χ2n) is 15.8. The van der Waals surface area contributed by atoms with Crippen LogP contribution in [0.3, 0.4) is 0 Å². The van der Waals surface area contributed by atoms with Crippen molar-refractivity contribution in [1.29, 1.82) is 0 Å². The van der Waals surface area contributed by atoms with Gasteiger partial charge in [-0.2, -0.15) is 0 Å². The summed E-state index contributed by atoms with van der Waals surface area (Å²) in [5.74, 6) is 0.626. The molecular weight excluding hydrogens is 725 g/mol. The molecule has 0 saturated carbocycles. The van der Waals surface area contributed by atoms with E-state index in [1.165, 1.54) is 49.7 Å². The first-order chi connectivity index (χ1) is 28.8. The van der Waals surface area contributed by atoms with Crippen molar-refractivity contribution < 1.29 is 4.42 Å². The molecule has 58 heavy (non-hydrogen) atoms. The van der Waals surface area contributed by atoms with Crippen LogP contribution in [-0.4, -0.2) is 11.3 Å². The van der Waals surface area contributed by atoms with Gasteiger partial charge in [0.25, 0.3) is 0 Å². The highest BCUT2D eigenvalue weighted by atomic mass is 32.2. The first-order valence-electron chi connectivity index (χ1n) is 20.5. The van der Waals surface area contributed by atoms with Crippen LogP contribution < -0.4 is 9.80 Å². The van der Waals surface area contributed by atoms with Crippen LogP contribution in [0.1, 0.15) is 35.8 Å². The molecule has 4 atom stereocenters. The third-order valence-corrected chi connectivity index (χ3v) is 14.1. The highest BCUT2D eigenvalue weighted by molar-refractivity contribution is 8.00. The highest BCUT2D eigenvalue weighted by Gasteiger charge is 2.40. The van der Waals surface area contributed by atoms with Crippen LogP contribution >= 0.6 is 11.8 Å². The van der Waals surface area contributed by atoms with Crippen LogP contribution in [0.5, 0.6) is 0 Å². The number of para-hydroxylation sites is 4. The third kappa shape index (κ3) is 5.28. The molecule has 278 valence electrons. The first kappa shape index (κ1) is 33.6. The lowest BCUT2D eigenvalue weighted by Gasteiger charge is -2.34. The Labute approximate surface area is 343 Å². The molecule has 0 saturated heterocycles. The molecule has 3 nitrogen and oxygen atoms in total. The first-order valence-corrected chi connectivity index (χ1v) is 21.3. The molecule has 0 bridgehead atoms. The summed E-state index contributed by atoms with van der Waals surface area (Å²) in [5, 5.41) is 2.65. The van der Waals surface area contributed by atoms with Gasteiger partial charge in [0.15, 0.2) is 5.58 Å². The lowest BCUT2D eigenvalue weighted by molar-refractivity contribution is 0.668. The lowest BCUT2D eigenvalue weighted by atomic mass is 9.82. The second-order valence-corrected chi connectivity index (χ2v) is 17.0. The minimum Gasteiger partial charge on any atom is -0.454 e. The molecule has 4 heteroatoms. The van der Waals surface area contributed by atoms with Gasteiger partial charge in [0, 0.05) is 55.5 Å². The normalized spacial score (nSPS) is 21.3. The van der Waals surface area contributed by atoms with Crippen LogP contribution in [0.15, 0.2) is 220 Å². The fourth-order valence-corrected chi connectivity index (χ4v) is 11.7. The third-order valence-electron chi connectivity index (χ3n) is 12.7.